The maximum Gasteiger partial charge on any atom is 0.491 e. The van der Waals surface area contributed by atoms with E-state index in [1.165, 1.54) is 19.2 Å². The molecule has 0 bridgehead atoms. The molecule has 1 aromatic heterocycles. The van der Waals surface area contributed by atoms with Gasteiger partial charge in [0.1, 0.15) is 0 Å². The quantitative estimate of drug-likeness (QED) is 0.777. The molecule has 0 amide bonds. The summed E-state index contributed by atoms with van der Waals surface area (Å²) >= 11 is 0. The number of hydrogen-bond donors (Lipinski definition) is 0. The third-order valence-corrected chi connectivity index (χ3v) is 2.68. The lowest BCUT2D eigenvalue weighted by molar-refractivity contribution is -0.189. The van der Waals surface area contributed by atoms with Gasteiger partial charge in [0, 0.05) is 24.0 Å². The Morgan fingerprint density at radius 1 is 1.42 bits per heavy atom. The van der Waals surface area contributed by atoms with Crippen LogP contribution in [0.15, 0.2) is 17.3 Å². The highest BCUT2D eigenvalue weighted by atomic mass is 19.4. The summed E-state index contributed by atoms with van der Waals surface area (Å²) in [7, 11) is 0. The maximum atomic E-state index is 12.1. The standard InChI is InChI=1S/C12H11F3N2O2/c1-7-10(19-11(18)12(13,14)15)5-8(6-17-7)9-3-2-4-16-9/h5-6H,2-4H2,1H3. The number of aliphatic imine (C=N–C) groups is 1. The van der Waals surface area contributed by atoms with Crippen LogP contribution in [-0.2, 0) is 4.79 Å². The number of halogens is 3. The highest BCUT2D eigenvalue weighted by Gasteiger charge is 2.41. The molecule has 0 radical (unpaired) electrons. The van der Waals surface area contributed by atoms with Crippen LogP contribution < -0.4 is 4.74 Å². The number of esters is 1. The van der Waals surface area contributed by atoms with Gasteiger partial charge in [-0.1, -0.05) is 0 Å². The molecular formula is C12H11F3N2O2. The second-order valence-electron chi connectivity index (χ2n) is 4.13. The highest BCUT2D eigenvalue weighted by Crippen LogP contribution is 2.24. The minimum atomic E-state index is -5.02. The summed E-state index contributed by atoms with van der Waals surface area (Å²) in [5.74, 6) is -2.43. The Labute approximate surface area is 107 Å². The summed E-state index contributed by atoms with van der Waals surface area (Å²) in [5, 5.41) is 0. The fourth-order valence-corrected chi connectivity index (χ4v) is 1.71. The second-order valence-corrected chi connectivity index (χ2v) is 4.13. The van der Waals surface area contributed by atoms with Gasteiger partial charge in [-0.05, 0) is 25.8 Å². The molecule has 2 heterocycles. The van der Waals surface area contributed by atoms with Gasteiger partial charge in [0.25, 0.3) is 0 Å². The average Bonchev–Trinajstić information content (AvgIpc) is 2.84. The molecular weight excluding hydrogens is 261 g/mol. The van der Waals surface area contributed by atoms with E-state index in [1.807, 2.05) is 0 Å². The van der Waals surface area contributed by atoms with Gasteiger partial charge >= 0.3 is 12.1 Å². The van der Waals surface area contributed by atoms with Crippen LogP contribution in [0.3, 0.4) is 0 Å². The van der Waals surface area contributed by atoms with E-state index >= 15 is 0 Å². The Morgan fingerprint density at radius 3 is 2.74 bits per heavy atom. The van der Waals surface area contributed by atoms with Crippen molar-refractivity contribution in [3.63, 3.8) is 0 Å². The molecule has 2 rings (SSSR count). The molecule has 0 spiro atoms. The van der Waals surface area contributed by atoms with Crippen LogP contribution in [0.2, 0.25) is 0 Å². The lowest BCUT2D eigenvalue weighted by Crippen LogP contribution is -2.28. The van der Waals surface area contributed by atoms with E-state index in [1.54, 1.807) is 0 Å². The molecule has 19 heavy (non-hydrogen) atoms. The van der Waals surface area contributed by atoms with E-state index in [9.17, 15) is 18.0 Å². The zero-order valence-electron chi connectivity index (χ0n) is 10.1. The monoisotopic (exact) mass is 272 g/mol. The third kappa shape index (κ3) is 3.10. The largest absolute Gasteiger partial charge is 0.491 e. The van der Waals surface area contributed by atoms with Gasteiger partial charge in [-0.2, -0.15) is 13.2 Å². The van der Waals surface area contributed by atoms with Gasteiger partial charge in [-0.15, -0.1) is 0 Å². The lowest BCUT2D eigenvalue weighted by atomic mass is 10.1. The zero-order valence-corrected chi connectivity index (χ0v) is 10.1. The summed E-state index contributed by atoms with van der Waals surface area (Å²) < 4.78 is 40.8. The van der Waals surface area contributed by atoms with E-state index in [-0.39, 0.29) is 11.4 Å². The molecule has 1 aliphatic heterocycles. The van der Waals surface area contributed by atoms with Gasteiger partial charge in [-0.25, -0.2) is 4.79 Å². The first kappa shape index (κ1) is 13.5. The Morgan fingerprint density at radius 2 is 2.16 bits per heavy atom. The van der Waals surface area contributed by atoms with Crippen molar-refractivity contribution in [3.05, 3.63) is 23.5 Å². The van der Waals surface area contributed by atoms with Crippen molar-refractivity contribution >= 4 is 11.7 Å². The maximum absolute atomic E-state index is 12.1. The Balaban J connectivity index is 2.25. The van der Waals surface area contributed by atoms with Crippen LogP contribution in [0, 0.1) is 6.92 Å². The molecule has 0 unspecified atom stereocenters. The SMILES string of the molecule is Cc1ncc(C2=NCCC2)cc1OC(=O)C(F)(F)F. The molecule has 0 fully saturated rings. The van der Waals surface area contributed by atoms with Crippen LogP contribution in [0.4, 0.5) is 13.2 Å². The minimum Gasteiger partial charge on any atom is -0.418 e. The smallest absolute Gasteiger partial charge is 0.418 e. The van der Waals surface area contributed by atoms with Crippen molar-refractivity contribution in [3.8, 4) is 5.75 Å². The van der Waals surface area contributed by atoms with Crippen LogP contribution in [0.25, 0.3) is 0 Å². The Bertz CT molecular complexity index is 538. The van der Waals surface area contributed by atoms with E-state index < -0.39 is 12.1 Å². The summed E-state index contributed by atoms with van der Waals surface area (Å²) in [6.45, 7) is 2.17. The van der Waals surface area contributed by atoms with E-state index in [4.69, 9.17) is 0 Å². The number of aromatic nitrogens is 1. The van der Waals surface area contributed by atoms with Crippen molar-refractivity contribution < 1.29 is 22.7 Å². The first-order chi connectivity index (χ1) is 8.88. The molecule has 4 nitrogen and oxygen atoms in total. The predicted molar refractivity (Wildman–Crippen MR) is 61.3 cm³/mol. The number of nitrogens with zero attached hydrogens (tertiary/aromatic N) is 2. The molecule has 0 atom stereocenters. The molecule has 1 aromatic rings. The van der Waals surface area contributed by atoms with Gasteiger partial charge < -0.3 is 4.74 Å². The van der Waals surface area contributed by atoms with E-state index in [2.05, 4.69) is 14.7 Å². The summed E-state index contributed by atoms with van der Waals surface area (Å²) in [5.41, 5.74) is 1.59. The molecule has 1 aliphatic rings. The summed E-state index contributed by atoms with van der Waals surface area (Å²) in [4.78, 5) is 19.0. The summed E-state index contributed by atoms with van der Waals surface area (Å²) in [6, 6.07) is 1.37. The van der Waals surface area contributed by atoms with E-state index in [0.717, 1.165) is 18.6 Å². The number of carbonyl (C=O) groups is 1. The van der Waals surface area contributed by atoms with Crippen molar-refractivity contribution in [2.24, 2.45) is 4.99 Å². The lowest BCUT2D eigenvalue weighted by Gasteiger charge is -2.10. The number of carbonyl (C=O) groups excluding carboxylic acids is 1. The van der Waals surface area contributed by atoms with Crippen LogP contribution in [-0.4, -0.2) is 29.4 Å². The molecule has 102 valence electrons. The van der Waals surface area contributed by atoms with Crippen LogP contribution in [0.5, 0.6) is 5.75 Å². The number of rotatable bonds is 2. The third-order valence-electron chi connectivity index (χ3n) is 2.68. The minimum absolute atomic E-state index is 0.186. The topological polar surface area (TPSA) is 51.6 Å². The molecule has 0 aromatic carbocycles. The number of alkyl halides is 3. The number of aryl methyl sites for hydroxylation is 1. The first-order valence-corrected chi connectivity index (χ1v) is 5.67. The van der Waals surface area contributed by atoms with Crippen molar-refractivity contribution in [2.45, 2.75) is 25.9 Å². The Kier molecular flexibility index (Phi) is 3.55. The molecule has 0 saturated heterocycles. The number of pyridine rings is 1. The van der Waals surface area contributed by atoms with Crippen molar-refractivity contribution in [2.75, 3.05) is 6.54 Å². The average molecular weight is 272 g/mol. The summed E-state index contributed by atoms with van der Waals surface area (Å²) in [6.07, 6.45) is -1.85. The zero-order chi connectivity index (χ0) is 14.0. The highest BCUT2D eigenvalue weighted by molar-refractivity contribution is 6.01. The van der Waals surface area contributed by atoms with Gasteiger partial charge in [0.05, 0.1) is 5.69 Å². The molecule has 0 aliphatic carbocycles. The first-order valence-electron chi connectivity index (χ1n) is 5.67. The van der Waals surface area contributed by atoms with E-state index in [0.29, 0.717) is 12.1 Å². The predicted octanol–water partition coefficient (Wildman–Crippen LogP) is 2.44. The van der Waals surface area contributed by atoms with Gasteiger partial charge in [0.15, 0.2) is 5.75 Å². The normalized spacial score (nSPS) is 15.3. The number of hydrogen-bond acceptors (Lipinski definition) is 4. The molecule has 7 heteroatoms. The van der Waals surface area contributed by atoms with Gasteiger partial charge in [-0.3, -0.25) is 9.98 Å². The fourth-order valence-electron chi connectivity index (χ4n) is 1.71. The Hall–Kier alpha value is -1.92. The van der Waals surface area contributed by atoms with Crippen LogP contribution in [0.1, 0.15) is 24.1 Å². The molecule has 0 N–H and O–H groups in total. The van der Waals surface area contributed by atoms with Crippen LogP contribution >= 0.6 is 0 Å². The number of ether oxygens (including phenoxy) is 1. The fraction of sp³-hybridized carbons (Fsp3) is 0.417. The second kappa shape index (κ2) is 4.99. The molecule has 0 saturated carbocycles. The van der Waals surface area contributed by atoms with Gasteiger partial charge in [0.2, 0.25) is 0 Å². The van der Waals surface area contributed by atoms with Crippen molar-refractivity contribution in [1.82, 2.24) is 4.98 Å². The van der Waals surface area contributed by atoms with Crippen molar-refractivity contribution in [1.29, 1.82) is 0 Å².